The summed E-state index contributed by atoms with van der Waals surface area (Å²) in [5.41, 5.74) is 8.09. The molecule has 1 aromatic carbocycles. The summed E-state index contributed by atoms with van der Waals surface area (Å²) in [6.45, 7) is 2.53. The Bertz CT molecular complexity index is 675. The lowest BCUT2D eigenvalue weighted by Gasteiger charge is -2.15. The molecule has 5 heteroatoms. The third kappa shape index (κ3) is 2.55. The number of hydrogen-bond donors (Lipinski definition) is 1. The van der Waals surface area contributed by atoms with E-state index in [4.69, 9.17) is 10.5 Å². The molecule has 4 nitrogen and oxygen atoms in total. The summed E-state index contributed by atoms with van der Waals surface area (Å²) in [6.07, 6.45) is 4.88. The number of nitrogens with two attached hydrogens (primary N) is 1. The average molecular weight is 287 g/mol. The summed E-state index contributed by atoms with van der Waals surface area (Å²) >= 11 is 1.62. The standard InChI is InChI=1S/C15H17N3OS/c1-2-13(16)12-5-3-4-6-14(12)19-10-11-9-18-7-8-20-15(18)17-11/h3-9,13H,2,10,16H2,1H3. The molecule has 1 atom stereocenters. The Kier molecular flexibility index (Phi) is 3.71. The second-order valence-electron chi connectivity index (χ2n) is 4.67. The second-order valence-corrected chi connectivity index (χ2v) is 5.54. The number of imidazole rings is 1. The van der Waals surface area contributed by atoms with E-state index in [9.17, 15) is 0 Å². The molecule has 0 spiro atoms. The van der Waals surface area contributed by atoms with Gasteiger partial charge in [-0.3, -0.25) is 4.40 Å². The normalized spacial score (nSPS) is 12.7. The highest BCUT2D eigenvalue weighted by molar-refractivity contribution is 7.15. The monoisotopic (exact) mass is 287 g/mol. The lowest BCUT2D eigenvalue weighted by Crippen LogP contribution is -2.10. The van der Waals surface area contributed by atoms with Crippen LogP contribution in [0.15, 0.2) is 42.0 Å². The van der Waals surface area contributed by atoms with Gasteiger partial charge in [-0.1, -0.05) is 25.1 Å². The minimum Gasteiger partial charge on any atom is -0.487 e. The largest absolute Gasteiger partial charge is 0.487 e. The van der Waals surface area contributed by atoms with Gasteiger partial charge in [0.2, 0.25) is 0 Å². The maximum atomic E-state index is 6.11. The molecule has 0 saturated heterocycles. The van der Waals surface area contributed by atoms with Gasteiger partial charge in [0.05, 0.1) is 5.69 Å². The topological polar surface area (TPSA) is 52.5 Å². The zero-order valence-electron chi connectivity index (χ0n) is 11.3. The Morgan fingerprint density at radius 3 is 3.05 bits per heavy atom. The molecule has 0 aliphatic rings. The fourth-order valence-electron chi connectivity index (χ4n) is 2.14. The van der Waals surface area contributed by atoms with Crippen LogP contribution in [-0.4, -0.2) is 9.38 Å². The van der Waals surface area contributed by atoms with E-state index in [0.29, 0.717) is 6.61 Å². The Balaban J connectivity index is 1.76. The van der Waals surface area contributed by atoms with Gasteiger partial charge in [-0.25, -0.2) is 4.98 Å². The van der Waals surface area contributed by atoms with Crippen LogP contribution in [0.25, 0.3) is 4.96 Å². The number of benzene rings is 1. The summed E-state index contributed by atoms with van der Waals surface area (Å²) in [6, 6.07) is 7.95. The Morgan fingerprint density at radius 2 is 2.25 bits per heavy atom. The van der Waals surface area contributed by atoms with Gasteiger partial charge in [0.15, 0.2) is 4.96 Å². The smallest absolute Gasteiger partial charge is 0.193 e. The van der Waals surface area contributed by atoms with Crippen LogP contribution in [0, 0.1) is 0 Å². The highest BCUT2D eigenvalue weighted by atomic mass is 32.1. The zero-order chi connectivity index (χ0) is 13.9. The number of para-hydroxylation sites is 1. The molecule has 20 heavy (non-hydrogen) atoms. The Hall–Kier alpha value is -1.85. The molecule has 0 bridgehead atoms. The molecule has 0 saturated carbocycles. The van der Waals surface area contributed by atoms with Crippen molar-refractivity contribution in [2.24, 2.45) is 5.73 Å². The van der Waals surface area contributed by atoms with Crippen LogP contribution in [0.5, 0.6) is 5.75 Å². The third-order valence-electron chi connectivity index (χ3n) is 3.28. The molecule has 2 heterocycles. The van der Waals surface area contributed by atoms with Crippen LogP contribution in [0.1, 0.15) is 30.6 Å². The predicted octanol–water partition coefficient (Wildman–Crippen LogP) is 3.38. The molecule has 0 aliphatic carbocycles. The molecule has 104 valence electrons. The Labute approximate surface area is 121 Å². The zero-order valence-corrected chi connectivity index (χ0v) is 12.1. The highest BCUT2D eigenvalue weighted by Crippen LogP contribution is 2.26. The molecule has 0 fully saturated rings. The molecule has 2 N–H and O–H groups in total. The van der Waals surface area contributed by atoms with Gasteiger partial charge < -0.3 is 10.5 Å². The highest BCUT2D eigenvalue weighted by Gasteiger charge is 2.10. The van der Waals surface area contributed by atoms with E-state index in [1.54, 1.807) is 11.3 Å². The first-order valence-electron chi connectivity index (χ1n) is 6.66. The minimum absolute atomic E-state index is 0.0108. The van der Waals surface area contributed by atoms with Crippen molar-refractivity contribution in [3.63, 3.8) is 0 Å². The van der Waals surface area contributed by atoms with Crippen molar-refractivity contribution in [2.45, 2.75) is 26.0 Å². The van der Waals surface area contributed by atoms with Crippen molar-refractivity contribution < 1.29 is 4.74 Å². The summed E-state index contributed by atoms with van der Waals surface area (Å²) < 4.78 is 7.90. The van der Waals surface area contributed by atoms with Gasteiger partial charge in [-0.05, 0) is 12.5 Å². The first-order chi connectivity index (χ1) is 9.78. The molecule has 0 amide bonds. The minimum atomic E-state index is 0.0108. The fourth-order valence-corrected chi connectivity index (χ4v) is 2.85. The molecule has 0 aliphatic heterocycles. The van der Waals surface area contributed by atoms with Gasteiger partial charge in [0.1, 0.15) is 12.4 Å². The predicted molar refractivity (Wildman–Crippen MR) is 81.1 cm³/mol. The SMILES string of the molecule is CCC(N)c1ccccc1OCc1cn2ccsc2n1. The van der Waals surface area contributed by atoms with Crippen LogP contribution in [-0.2, 0) is 6.61 Å². The third-order valence-corrected chi connectivity index (χ3v) is 4.05. The number of rotatable bonds is 5. The van der Waals surface area contributed by atoms with Gasteiger partial charge >= 0.3 is 0 Å². The molecule has 2 aromatic heterocycles. The van der Waals surface area contributed by atoms with E-state index < -0.39 is 0 Å². The number of thiazole rings is 1. The van der Waals surface area contributed by atoms with Crippen molar-refractivity contribution in [1.82, 2.24) is 9.38 Å². The molecular formula is C15H17N3OS. The summed E-state index contributed by atoms with van der Waals surface area (Å²) in [4.78, 5) is 5.50. The molecule has 1 unspecified atom stereocenters. The first kappa shape index (κ1) is 13.1. The van der Waals surface area contributed by atoms with E-state index in [-0.39, 0.29) is 6.04 Å². The maximum Gasteiger partial charge on any atom is 0.193 e. The maximum absolute atomic E-state index is 6.11. The van der Waals surface area contributed by atoms with Crippen molar-refractivity contribution in [2.75, 3.05) is 0 Å². The van der Waals surface area contributed by atoms with Crippen LogP contribution >= 0.6 is 11.3 Å². The van der Waals surface area contributed by atoms with Gasteiger partial charge in [0.25, 0.3) is 0 Å². The lowest BCUT2D eigenvalue weighted by atomic mass is 10.0. The van der Waals surface area contributed by atoms with E-state index in [0.717, 1.165) is 28.4 Å². The fraction of sp³-hybridized carbons (Fsp3) is 0.267. The number of fused-ring (bicyclic) bond motifs is 1. The van der Waals surface area contributed by atoms with Crippen LogP contribution in [0.4, 0.5) is 0 Å². The van der Waals surface area contributed by atoms with Crippen molar-refractivity contribution >= 4 is 16.3 Å². The number of hydrogen-bond acceptors (Lipinski definition) is 4. The molecule has 3 aromatic rings. The van der Waals surface area contributed by atoms with Crippen LogP contribution < -0.4 is 10.5 Å². The average Bonchev–Trinajstić information content (AvgIpc) is 3.05. The second kappa shape index (κ2) is 5.64. The molecule has 3 rings (SSSR count). The number of aromatic nitrogens is 2. The number of nitrogens with zero attached hydrogens (tertiary/aromatic N) is 2. The number of ether oxygens (including phenoxy) is 1. The van der Waals surface area contributed by atoms with Crippen LogP contribution in [0.3, 0.4) is 0 Å². The summed E-state index contributed by atoms with van der Waals surface area (Å²) in [7, 11) is 0. The van der Waals surface area contributed by atoms with Crippen molar-refractivity contribution in [1.29, 1.82) is 0 Å². The summed E-state index contributed by atoms with van der Waals surface area (Å²) in [5, 5.41) is 2.02. The Morgan fingerprint density at radius 1 is 1.40 bits per heavy atom. The van der Waals surface area contributed by atoms with Gasteiger partial charge in [-0.15, -0.1) is 11.3 Å². The molecular weight excluding hydrogens is 270 g/mol. The first-order valence-corrected chi connectivity index (χ1v) is 7.54. The van der Waals surface area contributed by atoms with E-state index in [1.165, 1.54) is 0 Å². The van der Waals surface area contributed by atoms with Crippen molar-refractivity contribution in [3.05, 3.63) is 53.3 Å². The van der Waals surface area contributed by atoms with Crippen LogP contribution in [0.2, 0.25) is 0 Å². The summed E-state index contributed by atoms with van der Waals surface area (Å²) in [5.74, 6) is 0.846. The lowest BCUT2D eigenvalue weighted by molar-refractivity contribution is 0.296. The van der Waals surface area contributed by atoms with Gasteiger partial charge in [-0.2, -0.15) is 0 Å². The van der Waals surface area contributed by atoms with Crippen molar-refractivity contribution in [3.8, 4) is 5.75 Å². The molecule has 0 radical (unpaired) electrons. The van der Waals surface area contributed by atoms with E-state index >= 15 is 0 Å². The van der Waals surface area contributed by atoms with E-state index in [1.807, 2.05) is 46.4 Å². The quantitative estimate of drug-likeness (QED) is 0.782. The van der Waals surface area contributed by atoms with Gasteiger partial charge in [0, 0.05) is 29.4 Å². The van der Waals surface area contributed by atoms with E-state index in [2.05, 4.69) is 11.9 Å².